The van der Waals surface area contributed by atoms with Crippen LogP contribution in [0.5, 0.6) is 5.75 Å². The van der Waals surface area contributed by atoms with Gasteiger partial charge in [0, 0.05) is 30.4 Å². The van der Waals surface area contributed by atoms with Crippen LogP contribution in [0.1, 0.15) is 23.7 Å². The van der Waals surface area contributed by atoms with Gasteiger partial charge in [-0.3, -0.25) is 18.8 Å². The summed E-state index contributed by atoms with van der Waals surface area (Å²) < 4.78 is 36.9. The lowest BCUT2D eigenvalue weighted by Crippen LogP contribution is -2.46. The van der Waals surface area contributed by atoms with Crippen LogP contribution in [-0.4, -0.2) is 34.2 Å². The molecule has 4 aromatic rings. The van der Waals surface area contributed by atoms with Crippen molar-refractivity contribution >= 4 is 0 Å². The van der Waals surface area contributed by atoms with E-state index in [4.69, 9.17) is 4.74 Å². The van der Waals surface area contributed by atoms with Gasteiger partial charge in [0.1, 0.15) is 17.4 Å². The first-order chi connectivity index (χ1) is 18.2. The molecule has 1 heterocycles. The molecule has 0 aliphatic heterocycles. The fourth-order valence-corrected chi connectivity index (χ4v) is 4.53. The summed E-state index contributed by atoms with van der Waals surface area (Å²) in [6, 6.07) is 20.2. The Morgan fingerprint density at radius 2 is 1.58 bits per heavy atom. The molecule has 6 nitrogen and oxygen atoms in total. The Balaban J connectivity index is 1.83. The number of halogens is 2. The van der Waals surface area contributed by atoms with Crippen molar-refractivity contribution in [2.24, 2.45) is 0 Å². The van der Waals surface area contributed by atoms with Crippen LogP contribution < -0.4 is 16.0 Å². The standard InChI is InChI=1S/C30H31F2N3O3/c1-20(33(3)18-22-10-6-5-7-11-22)17-35-29(36)28(23-12-8-13-24(16-23)38-4)21(2)34(30(35)37)19-25-26(31)14-9-15-27(25)32/h5-16,20H,17-19H2,1-4H3/t20-/m0/s1. The summed E-state index contributed by atoms with van der Waals surface area (Å²) >= 11 is 0. The Morgan fingerprint density at radius 3 is 2.24 bits per heavy atom. The van der Waals surface area contributed by atoms with Crippen molar-refractivity contribution in [3.63, 3.8) is 0 Å². The van der Waals surface area contributed by atoms with Crippen molar-refractivity contribution in [1.82, 2.24) is 14.0 Å². The van der Waals surface area contributed by atoms with E-state index in [-0.39, 0.29) is 30.3 Å². The molecule has 0 N–H and O–H groups in total. The van der Waals surface area contributed by atoms with Crippen LogP contribution in [0.4, 0.5) is 8.78 Å². The number of aromatic nitrogens is 2. The van der Waals surface area contributed by atoms with Gasteiger partial charge in [-0.25, -0.2) is 13.6 Å². The van der Waals surface area contributed by atoms with Crippen LogP contribution in [0, 0.1) is 18.6 Å². The molecule has 0 aliphatic carbocycles. The van der Waals surface area contributed by atoms with Crippen LogP contribution in [0.3, 0.4) is 0 Å². The molecule has 1 atom stereocenters. The molecular formula is C30H31F2N3O3. The predicted molar refractivity (Wildman–Crippen MR) is 145 cm³/mol. The van der Waals surface area contributed by atoms with Gasteiger partial charge >= 0.3 is 5.69 Å². The van der Waals surface area contributed by atoms with Gasteiger partial charge in [0.2, 0.25) is 0 Å². The van der Waals surface area contributed by atoms with Gasteiger partial charge in [-0.15, -0.1) is 0 Å². The Labute approximate surface area is 220 Å². The maximum atomic E-state index is 14.6. The van der Waals surface area contributed by atoms with E-state index in [9.17, 15) is 18.4 Å². The zero-order valence-electron chi connectivity index (χ0n) is 21.9. The second-order valence-corrected chi connectivity index (χ2v) is 9.43. The minimum absolute atomic E-state index is 0.0952. The van der Waals surface area contributed by atoms with Gasteiger partial charge in [0.25, 0.3) is 5.56 Å². The zero-order valence-corrected chi connectivity index (χ0v) is 21.9. The van der Waals surface area contributed by atoms with Crippen molar-refractivity contribution < 1.29 is 13.5 Å². The Bertz CT molecular complexity index is 1530. The summed E-state index contributed by atoms with van der Waals surface area (Å²) in [4.78, 5) is 29.6. The quantitative estimate of drug-likeness (QED) is 0.318. The highest BCUT2D eigenvalue weighted by molar-refractivity contribution is 5.66. The van der Waals surface area contributed by atoms with E-state index in [1.54, 1.807) is 31.2 Å². The minimum atomic E-state index is -0.757. The predicted octanol–water partition coefficient (Wildman–Crippen LogP) is 4.84. The number of likely N-dealkylation sites (N-methyl/N-ethyl adjacent to an activating group) is 1. The van der Waals surface area contributed by atoms with Gasteiger partial charge in [-0.1, -0.05) is 48.5 Å². The molecule has 0 saturated carbocycles. The van der Waals surface area contributed by atoms with E-state index >= 15 is 0 Å². The topological polar surface area (TPSA) is 56.5 Å². The molecule has 0 fully saturated rings. The third kappa shape index (κ3) is 5.60. The van der Waals surface area contributed by atoms with Crippen LogP contribution in [0.2, 0.25) is 0 Å². The van der Waals surface area contributed by atoms with Crippen molar-refractivity contribution in [3.8, 4) is 16.9 Å². The van der Waals surface area contributed by atoms with E-state index < -0.39 is 22.9 Å². The summed E-state index contributed by atoms with van der Waals surface area (Å²) in [6.45, 7) is 3.92. The number of benzene rings is 3. The van der Waals surface area contributed by atoms with Crippen LogP contribution >= 0.6 is 0 Å². The fraction of sp³-hybridized carbons (Fsp3) is 0.267. The normalized spacial score (nSPS) is 12.1. The molecule has 38 heavy (non-hydrogen) atoms. The summed E-state index contributed by atoms with van der Waals surface area (Å²) in [6.07, 6.45) is 0. The second-order valence-electron chi connectivity index (χ2n) is 9.43. The highest BCUT2D eigenvalue weighted by Gasteiger charge is 2.22. The first kappa shape index (κ1) is 27.0. The zero-order chi connectivity index (χ0) is 27.4. The summed E-state index contributed by atoms with van der Waals surface area (Å²) in [5.74, 6) is -0.970. The third-order valence-corrected chi connectivity index (χ3v) is 6.90. The van der Waals surface area contributed by atoms with E-state index in [2.05, 4.69) is 0 Å². The molecule has 198 valence electrons. The highest BCUT2D eigenvalue weighted by Crippen LogP contribution is 2.24. The average molecular weight is 520 g/mol. The fourth-order valence-electron chi connectivity index (χ4n) is 4.53. The summed E-state index contributed by atoms with van der Waals surface area (Å²) in [7, 11) is 3.45. The maximum absolute atomic E-state index is 14.6. The van der Waals surface area contributed by atoms with E-state index in [0.717, 1.165) is 22.3 Å². The van der Waals surface area contributed by atoms with Gasteiger partial charge in [0.15, 0.2) is 0 Å². The largest absolute Gasteiger partial charge is 0.497 e. The summed E-state index contributed by atoms with van der Waals surface area (Å²) in [5.41, 5.74) is 0.910. The molecule has 0 amide bonds. The molecular weight excluding hydrogens is 488 g/mol. The molecule has 0 aliphatic rings. The smallest absolute Gasteiger partial charge is 0.331 e. The number of methoxy groups -OCH3 is 1. The second kappa shape index (κ2) is 11.6. The van der Waals surface area contributed by atoms with Crippen LogP contribution in [-0.2, 0) is 19.6 Å². The third-order valence-electron chi connectivity index (χ3n) is 6.90. The number of hydrogen-bond donors (Lipinski definition) is 0. The molecule has 0 radical (unpaired) electrons. The van der Waals surface area contributed by atoms with Crippen LogP contribution in [0.25, 0.3) is 11.1 Å². The number of ether oxygens (including phenoxy) is 1. The first-order valence-corrected chi connectivity index (χ1v) is 12.4. The van der Waals surface area contributed by atoms with Crippen molar-refractivity contribution in [2.75, 3.05) is 14.2 Å². The Hall–Kier alpha value is -4.04. The van der Waals surface area contributed by atoms with Crippen molar-refractivity contribution in [1.29, 1.82) is 0 Å². The molecule has 3 aromatic carbocycles. The number of rotatable bonds is 9. The molecule has 0 unspecified atom stereocenters. The molecule has 0 bridgehead atoms. The molecule has 8 heteroatoms. The van der Waals surface area contributed by atoms with Gasteiger partial charge in [0.05, 0.1) is 19.2 Å². The monoisotopic (exact) mass is 519 g/mol. The first-order valence-electron chi connectivity index (χ1n) is 12.4. The lowest BCUT2D eigenvalue weighted by molar-refractivity contribution is 0.222. The minimum Gasteiger partial charge on any atom is -0.497 e. The average Bonchev–Trinajstić information content (AvgIpc) is 2.91. The molecule has 0 spiro atoms. The lowest BCUT2D eigenvalue weighted by Gasteiger charge is -2.26. The Morgan fingerprint density at radius 1 is 0.921 bits per heavy atom. The van der Waals surface area contributed by atoms with E-state index in [1.165, 1.54) is 17.7 Å². The maximum Gasteiger partial charge on any atom is 0.331 e. The van der Waals surface area contributed by atoms with Crippen LogP contribution in [0.15, 0.2) is 82.4 Å². The van der Waals surface area contributed by atoms with Crippen molar-refractivity contribution in [2.45, 2.75) is 39.5 Å². The van der Waals surface area contributed by atoms with Gasteiger partial charge in [-0.2, -0.15) is 0 Å². The number of nitrogens with zero attached hydrogens (tertiary/aromatic N) is 3. The molecule has 4 rings (SSSR count). The van der Waals surface area contributed by atoms with E-state index in [0.29, 0.717) is 23.6 Å². The Kier molecular flexibility index (Phi) is 8.22. The molecule has 0 saturated heterocycles. The lowest BCUT2D eigenvalue weighted by atomic mass is 10.0. The van der Waals surface area contributed by atoms with Gasteiger partial charge in [-0.05, 0) is 56.3 Å². The molecule has 1 aromatic heterocycles. The van der Waals surface area contributed by atoms with E-state index in [1.807, 2.05) is 49.2 Å². The van der Waals surface area contributed by atoms with Gasteiger partial charge < -0.3 is 4.74 Å². The highest BCUT2D eigenvalue weighted by atomic mass is 19.1. The summed E-state index contributed by atoms with van der Waals surface area (Å²) in [5, 5.41) is 0. The van der Waals surface area contributed by atoms with Crippen molar-refractivity contribution in [3.05, 3.63) is 122 Å². The number of hydrogen-bond acceptors (Lipinski definition) is 4. The SMILES string of the molecule is COc1cccc(-c2c(C)n(Cc3c(F)cccc3F)c(=O)n(C[C@H](C)N(C)Cc3ccccc3)c2=O)c1.